The second-order valence-electron chi connectivity index (χ2n) is 6.38. The Kier molecular flexibility index (Phi) is 5.27. The lowest BCUT2D eigenvalue weighted by Crippen LogP contribution is -2.37. The van der Waals surface area contributed by atoms with Crippen LogP contribution < -0.4 is 0 Å². The van der Waals surface area contributed by atoms with Gasteiger partial charge in [-0.05, 0) is 44.7 Å². The van der Waals surface area contributed by atoms with Gasteiger partial charge in [0.05, 0.1) is 24.4 Å². The van der Waals surface area contributed by atoms with Crippen molar-refractivity contribution >= 4 is 15.9 Å². The number of halogens is 1. The lowest BCUT2D eigenvalue weighted by molar-refractivity contribution is -0.129. The van der Waals surface area contributed by atoms with Gasteiger partial charge in [0, 0.05) is 4.47 Å². The molecule has 2 nitrogen and oxygen atoms in total. The molecule has 0 aromatic heterocycles. The maximum atomic E-state index is 6.31. The SMILES string of the molecule is CCCC1(COCc2ccccc2Br)CCC(C)(C)O1. The molecular formula is C17H25BrO2. The number of hydrogen-bond donors (Lipinski definition) is 0. The molecule has 2 rings (SSSR count). The van der Waals surface area contributed by atoms with Gasteiger partial charge in [0.1, 0.15) is 0 Å². The van der Waals surface area contributed by atoms with Crippen LogP contribution in [-0.4, -0.2) is 17.8 Å². The molecule has 1 heterocycles. The molecule has 0 amide bonds. The van der Waals surface area contributed by atoms with E-state index in [1.807, 2.05) is 12.1 Å². The molecule has 1 fully saturated rings. The Hall–Kier alpha value is -0.380. The molecule has 1 saturated heterocycles. The summed E-state index contributed by atoms with van der Waals surface area (Å²) in [5.74, 6) is 0. The third-order valence-electron chi connectivity index (χ3n) is 3.96. The summed E-state index contributed by atoms with van der Waals surface area (Å²) in [7, 11) is 0. The van der Waals surface area contributed by atoms with Gasteiger partial charge in [-0.3, -0.25) is 0 Å². The van der Waals surface area contributed by atoms with Crippen molar-refractivity contribution in [3.63, 3.8) is 0 Å². The van der Waals surface area contributed by atoms with E-state index in [1.165, 1.54) is 5.56 Å². The molecule has 1 aromatic carbocycles. The Bertz CT molecular complexity index is 444. The Labute approximate surface area is 131 Å². The lowest BCUT2D eigenvalue weighted by atomic mass is 9.94. The van der Waals surface area contributed by atoms with E-state index >= 15 is 0 Å². The van der Waals surface area contributed by atoms with E-state index < -0.39 is 0 Å². The van der Waals surface area contributed by atoms with Crippen LogP contribution in [-0.2, 0) is 16.1 Å². The second-order valence-corrected chi connectivity index (χ2v) is 7.23. The van der Waals surface area contributed by atoms with Gasteiger partial charge in [-0.1, -0.05) is 47.5 Å². The third-order valence-corrected chi connectivity index (χ3v) is 4.74. The predicted molar refractivity (Wildman–Crippen MR) is 85.8 cm³/mol. The molecule has 0 spiro atoms. The fraction of sp³-hybridized carbons (Fsp3) is 0.647. The molecular weight excluding hydrogens is 316 g/mol. The Balaban J connectivity index is 1.92. The average molecular weight is 341 g/mol. The highest BCUT2D eigenvalue weighted by Gasteiger charge is 2.43. The quantitative estimate of drug-likeness (QED) is 0.717. The summed E-state index contributed by atoms with van der Waals surface area (Å²) in [5.41, 5.74) is 1.10. The van der Waals surface area contributed by atoms with E-state index in [4.69, 9.17) is 9.47 Å². The second kappa shape index (κ2) is 6.59. The van der Waals surface area contributed by atoms with E-state index in [1.54, 1.807) is 0 Å². The molecule has 0 saturated carbocycles. The number of rotatable bonds is 6. The molecule has 0 aliphatic carbocycles. The summed E-state index contributed by atoms with van der Waals surface area (Å²) < 4.78 is 13.4. The minimum atomic E-state index is -0.0838. The van der Waals surface area contributed by atoms with Gasteiger partial charge in [0.15, 0.2) is 0 Å². The van der Waals surface area contributed by atoms with E-state index in [9.17, 15) is 0 Å². The zero-order valence-electron chi connectivity index (χ0n) is 12.7. The van der Waals surface area contributed by atoms with Crippen molar-refractivity contribution in [3.8, 4) is 0 Å². The van der Waals surface area contributed by atoms with Crippen molar-refractivity contribution in [1.82, 2.24) is 0 Å². The number of ether oxygens (including phenoxy) is 2. The first-order chi connectivity index (χ1) is 9.46. The van der Waals surface area contributed by atoms with Gasteiger partial charge in [-0.15, -0.1) is 0 Å². The van der Waals surface area contributed by atoms with E-state index in [2.05, 4.69) is 48.8 Å². The summed E-state index contributed by atoms with van der Waals surface area (Å²) in [6.45, 7) is 7.89. The predicted octanol–water partition coefficient (Wildman–Crippen LogP) is 5.09. The topological polar surface area (TPSA) is 18.5 Å². The molecule has 1 aromatic rings. The normalized spacial score (nSPS) is 25.0. The van der Waals surface area contributed by atoms with Crippen LogP contribution in [0.5, 0.6) is 0 Å². The maximum Gasteiger partial charge on any atom is 0.0923 e. The molecule has 0 bridgehead atoms. The molecule has 20 heavy (non-hydrogen) atoms. The zero-order chi connectivity index (χ0) is 14.6. The largest absolute Gasteiger partial charge is 0.374 e. The van der Waals surface area contributed by atoms with Crippen LogP contribution in [0.4, 0.5) is 0 Å². The molecule has 1 atom stereocenters. The standard InChI is InChI=1S/C17H25BrO2/c1-4-9-17(11-10-16(2,3)20-17)13-19-12-14-7-5-6-8-15(14)18/h5-8H,4,9-13H2,1-3H3. The van der Waals surface area contributed by atoms with Gasteiger partial charge in [-0.25, -0.2) is 0 Å². The summed E-state index contributed by atoms with van der Waals surface area (Å²) in [6.07, 6.45) is 4.43. The van der Waals surface area contributed by atoms with Crippen LogP contribution in [0.15, 0.2) is 28.7 Å². The average Bonchev–Trinajstić information content (AvgIpc) is 2.68. The van der Waals surface area contributed by atoms with E-state index in [0.717, 1.165) is 30.2 Å². The van der Waals surface area contributed by atoms with Crippen molar-refractivity contribution < 1.29 is 9.47 Å². The Morgan fingerprint density at radius 3 is 2.60 bits per heavy atom. The number of benzene rings is 1. The molecule has 0 N–H and O–H groups in total. The molecule has 1 unspecified atom stereocenters. The smallest absolute Gasteiger partial charge is 0.0923 e. The van der Waals surface area contributed by atoms with E-state index in [0.29, 0.717) is 13.2 Å². The van der Waals surface area contributed by atoms with Crippen LogP contribution in [0, 0.1) is 0 Å². The van der Waals surface area contributed by atoms with E-state index in [-0.39, 0.29) is 11.2 Å². The molecule has 3 heteroatoms. The first-order valence-corrected chi connectivity index (χ1v) is 8.27. The van der Waals surface area contributed by atoms with Crippen LogP contribution in [0.25, 0.3) is 0 Å². The number of hydrogen-bond acceptors (Lipinski definition) is 2. The summed E-state index contributed by atoms with van der Waals surface area (Å²) in [6, 6.07) is 8.21. The van der Waals surface area contributed by atoms with Gasteiger partial charge < -0.3 is 9.47 Å². The van der Waals surface area contributed by atoms with Gasteiger partial charge in [0.2, 0.25) is 0 Å². The van der Waals surface area contributed by atoms with Crippen LogP contribution >= 0.6 is 15.9 Å². The highest BCUT2D eigenvalue weighted by atomic mass is 79.9. The Morgan fingerprint density at radius 2 is 2.00 bits per heavy atom. The highest BCUT2D eigenvalue weighted by molar-refractivity contribution is 9.10. The van der Waals surface area contributed by atoms with Crippen molar-refractivity contribution in [2.24, 2.45) is 0 Å². The fourth-order valence-electron chi connectivity index (χ4n) is 2.98. The minimum absolute atomic E-state index is 0.00808. The van der Waals surface area contributed by atoms with Crippen LogP contribution in [0.1, 0.15) is 52.0 Å². The third kappa shape index (κ3) is 4.06. The van der Waals surface area contributed by atoms with Gasteiger partial charge >= 0.3 is 0 Å². The molecule has 112 valence electrons. The maximum absolute atomic E-state index is 6.31. The molecule has 1 aliphatic heterocycles. The molecule has 1 aliphatic rings. The summed E-state index contributed by atoms with van der Waals surface area (Å²) in [5, 5.41) is 0. The van der Waals surface area contributed by atoms with Crippen LogP contribution in [0.3, 0.4) is 0 Å². The van der Waals surface area contributed by atoms with Crippen molar-refractivity contribution in [2.45, 2.75) is 64.3 Å². The highest BCUT2D eigenvalue weighted by Crippen LogP contribution is 2.40. The fourth-order valence-corrected chi connectivity index (χ4v) is 3.38. The first kappa shape index (κ1) is 16.0. The van der Waals surface area contributed by atoms with Crippen molar-refractivity contribution in [3.05, 3.63) is 34.3 Å². The lowest BCUT2D eigenvalue weighted by Gasteiger charge is -2.31. The first-order valence-electron chi connectivity index (χ1n) is 7.48. The van der Waals surface area contributed by atoms with Crippen LogP contribution in [0.2, 0.25) is 0 Å². The summed E-state index contributed by atoms with van der Waals surface area (Å²) >= 11 is 3.56. The van der Waals surface area contributed by atoms with Gasteiger partial charge in [0.25, 0.3) is 0 Å². The zero-order valence-corrected chi connectivity index (χ0v) is 14.3. The molecule has 0 radical (unpaired) electrons. The summed E-state index contributed by atoms with van der Waals surface area (Å²) in [4.78, 5) is 0. The van der Waals surface area contributed by atoms with Crippen molar-refractivity contribution in [2.75, 3.05) is 6.61 Å². The minimum Gasteiger partial charge on any atom is -0.374 e. The van der Waals surface area contributed by atoms with Crippen molar-refractivity contribution in [1.29, 1.82) is 0 Å². The van der Waals surface area contributed by atoms with Gasteiger partial charge in [-0.2, -0.15) is 0 Å². The monoisotopic (exact) mass is 340 g/mol. The Morgan fingerprint density at radius 1 is 1.25 bits per heavy atom.